The van der Waals surface area contributed by atoms with Crippen LogP contribution in [-0.2, 0) is 14.3 Å². The number of carbonyl (C=O) groups is 4. The molecule has 2 heterocycles. The molecule has 0 spiro atoms. The van der Waals surface area contributed by atoms with Gasteiger partial charge in [-0.15, -0.1) is 0 Å². The van der Waals surface area contributed by atoms with Crippen molar-refractivity contribution in [3.63, 3.8) is 0 Å². The van der Waals surface area contributed by atoms with E-state index in [4.69, 9.17) is 9.47 Å². The fraction of sp³-hybridized carbons (Fsp3) is 0.323. The Morgan fingerprint density at radius 1 is 0.905 bits per heavy atom. The van der Waals surface area contributed by atoms with Gasteiger partial charge in [0.2, 0.25) is 5.91 Å². The van der Waals surface area contributed by atoms with Crippen molar-refractivity contribution in [3.05, 3.63) is 72.4 Å². The van der Waals surface area contributed by atoms with Crippen molar-refractivity contribution in [2.45, 2.75) is 25.8 Å². The van der Waals surface area contributed by atoms with Crippen LogP contribution in [-0.4, -0.2) is 89.7 Å². The highest BCUT2D eigenvalue weighted by Crippen LogP contribution is 2.28. The van der Waals surface area contributed by atoms with E-state index in [1.165, 1.54) is 9.80 Å². The van der Waals surface area contributed by atoms with Gasteiger partial charge in [-0.1, -0.05) is 42.5 Å². The summed E-state index contributed by atoms with van der Waals surface area (Å²) in [4.78, 5) is 58.1. The van der Waals surface area contributed by atoms with Crippen LogP contribution in [0.25, 0.3) is 22.4 Å². The number of carboxylic acids is 1. The van der Waals surface area contributed by atoms with Crippen molar-refractivity contribution in [2.75, 3.05) is 39.9 Å². The molecule has 220 valence electrons. The number of piperazine rings is 1. The Balaban J connectivity index is 1.59. The molecule has 0 bridgehead atoms. The Morgan fingerprint density at radius 3 is 2.19 bits per heavy atom. The average Bonchev–Trinajstić information content (AvgIpc) is 3.03. The molecule has 1 fully saturated rings. The number of hydrogen-bond donors (Lipinski definition) is 2. The molecule has 0 radical (unpaired) electrons. The van der Waals surface area contributed by atoms with Gasteiger partial charge in [-0.25, -0.2) is 9.78 Å². The van der Waals surface area contributed by atoms with Crippen LogP contribution in [0.2, 0.25) is 0 Å². The average molecular weight is 575 g/mol. The van der Waals surface area contributed by atoms with E-state index in [9.17, 15) is 24.3 Å². The molecular formula is C31H34N4O7. The van der Waals surface area contributed by atoms with Gasteiger partial charge in [-0.3, -0.25) is 14.4 Å². The topological polar surface area (TPSA) is 138 Å². The SMILES string of the molecule is CCOC(=O)N1CCN(C(=O)C(CCC(=O)O)NC(=O)c2cc(-c3ccc(OC)cc3)cc(-c3ccccc3)n2)CC1. The highest BCUT2D eigenvalue weighted by molar-refractivity contribution is 5.98. The van der Waals surface area contributed by atoms with E-state index in [1.54, 1.807) is 20.1 Å². The summed E-state index contributed by atoms with van der Waals surface area (Å²) in [5, 5.41) is 12.0. The number of pyridine rings is 1. The number of carboxylic acid groups (broad SMARTS) is 1. The summed E-state index contributed by atoms with van der Waals surface area (Å²) in [6, 6.07) is 19.2. The van der Waals surface area contributed by atoms with E-state index in [-0.39, 0.29) is 51.3 Å². The molecule has 42 heavy (non-hydrogen) atoms. The van der Waals surface area contributed by atoms with Crippen LogP contribution in [0.5, 0.6) is 5.75 Å². The van der Waals surface area contributed by atoms with E-state index in [0.29, 0.717) is 11.4 Å². The second-order valence-corrected chi connectivity index (χ2v) is 9.69. The number of methoxy groups -OCH3 is 1. The number of benzene rings is 2. The molecule has 4 rings (SSSR count). The fourth-order valence-corrected chi connectivity index (χ4v) is 4.66. The second kappa shape index (κ2) is 14.1. The fourth-order valence-electron chi connectivity index (χ4n) is 4.66. The zero-order valence-electron chi connectivity index (χ0n) is 23.6. The first-order valence-corrected chi connectivity index (χ1v) is 13.7. The van der Waals surface area contributed by atoms with Crippen molar-refractivity contribution in [1.29, 1.82) is 0 Å². The molecule has 11 heteroatoms. The minimum absolute atomic E-state index is 0.0856. The van der Waals surface area contributed by atoms with Crippen LogP contribution >= 0.6 is 0 Å². The van der Waals surface area contributed by atoms with Gasteiger partial charge in [-0.2, -0.15) is 0 Å². The summed E-state index contributed by atoms with van der Waals surface area (Å²) in [6.45, 7) is 2.99. The molecule has 2 aromatic carbocycles. The number of amides is 3. The number of aliphatic carboxylic acids is 1. The standard InChI is InChI=1S/C31H34N4O7/c1-3-42-31(40)35-17-15-34(16-18-35)30(39)25(13-14-28(36)37)33-29(38)27-20-23(21-9-11-24(41-2)12-10-21)19-26(32-27)22-7-5-4-6-8-22/h4-12,19-20,25H,3,13-18H2,1-2H3,(H,33,38)(H,36,37). The molecule has 0 saturated carbocycles. The lowest BCUT2D eigenvalue weighted by molar-refractivity contribution is -0.138. The van der Waals surface area contributed by atoms with Crippen LogP contribution < -0.4 is 10.1 Å². The molecule has 1 aromatic heterocycles. The summed E-state index contributed by atoms with van der Waals surface area (Å²) < 4.78 is 10.3. The highest BCUT2D eigenvalue weighted by Gasteiger charge is 2.31. The quantitative estimate of drug-likeness (QED) is 0.374. The zero-order valence-corrected chi connectivity index (χ0v) is 23.6. The Hall–Kier alpha value is -4.93. The van der Waals surface area contributed by atoms with Crippen LogP contribution in [0, 0.1) is 0 Å². The van der Waals surface area contributed by atoms with Gasteiger partial charge in [0, 0.05) is 38.2 Å². The van der Waals surface area contributed by atoms with Crippen molar-refractivity contribution in [3.8, 4) is 28.1 Å². The first kappa shape index (κ1) is 30.0. The number of nitrogens with one attached hydrogen (secondary N) is 1. The third-order valence-corrected chi connectivity index (χ3v) is 6.92. The van der Waals surface area contributed by atoms with Crippen LogP contribution in [0.15, 0.2) is 66.7 Å². The zero-order chi connectivity index (χ0) is 30.1. The Morgan fingerprint density at radius 2 is 1.57 bits per heavy atom. The molecule has 2 N–H and O–H groups in total. The number of carbonyl (C=O) groups excluding carboxylic acids is 3. The van der Waals surface area contributed by atoms with Crippen molar-refractivity contribution in [2.24, 2.45) is 0 Å². The summed E-state index contributed by atoms with van der Waals surface area (Å²) in [6.07, 6.45) is -0.854. The Bertz CT molecular complexity index is 1400. The molecule has 11 nitrogen and oxygen atoms in total. The predicted molar refractivity (Wildman–Crippen MR) is 155 cm³/mol. The first-order chi connectivity index (χ1) is 20.3. The first-order valence-electron chi connectivity index (χ1n) is 13.7. The molecule has 3 amide bonds. The number of hydrogen-bond acceptors (Lipinski definition) is 7. The second-order valence-electron chi connectivity index (χ2n) is 9.69. The van der Waals surface area contributed by atoms with Gasteiger partial charge in [0.05, 0.1) is 19.4 Å². The normalized spacial score (nSPS) is 13.7. The van der Waals surface area contributed by atoms with Gasteiger partial charge >= 0.3 is 12.1 Å². The van der Waals surface area contributed by atoms with Gasteiger partial charge in [-0.05, 0) is 48.7 Å². The van der Waals surface area contributed by atoms with E-state index >= 15 is 0 Å². The lowest BCUT2D eigenvalue weighted by Gasteiger charge is -2.35. The molecule has 1 atom stereocenters. The van der Waals surface area contributed by atoms with Crippen LogP contribution in [0.3, 0.4) is 0 Å². The number of aromatic nitrogens is 1. The van der Waals surface area contributed by atoms with E-state index in [1.807, 2.05) is 60.7 Å². The number of rotatable bonds is 10. The van der Waals surface area contributed by atoms with Crippen molar-refractivity contribution < 1.29 is 33.8 Å². The largest absolute Gasteiger partial charge is 0.497 e. The molecule has 1 aliphatic rings. The monoisotopic (exact) mass is 574 g/mol. The van der Waals surface area contributed by atoms with Gasteiger partial charge in [0.25, 0.3) is 5.91 Å². The van der Waals surface area contributed by atoms with E-state index < -0.39 is 29.9 Å². The maximum absolute atomic E-state index is 13.6. The minimum Gasteiger partial charge on any atom is -0.497 e. The van der Waals surface area contributed by atoms with Gasteiger partial charge in [0.15, 0.2) is 0 Å². The summed E-state index contributed by atoms with van der Waals surface area (Å²) in [7, 11) is 1.58. The van der Waals surface area contributed by atoms with Crippen LogP contribution in [0.1, 0.15) is 30.3 Å². The number of nitrogens with zero attached hydrogens (tertiary/aromatic N) is 3. The van der Waals surface area contributed by atoms with Crippen LogP contribution in [0.4, 0.5) is 4.79 Å². The summed E-state index contributed by atoms with van der Waals surface area (Å²) in [5.74, 6) is -1.41. The molecule has 1 saturated heterocycles. The van der Waals surface area contributed by atoms with Gasteiger partial charge < -0.3 is 29.7 Å². The highest BCUT2D eigenvalue weighted by atomic mass is 16.6. The lowest BCUT2D eigenvalue weighted by atomic mass is 10.0. The Kier molecular flexibility index (Phi) is 10.1. The lowest BCUT2D eigenvalue weighted by Crippen LogP contribution is -2.56. The third-order valence-electron chi connectivity index (χ3n) is 6.92. The van der Waals surface area contributed by atoms with Crippen molar-refractivity contribution >= 4 is 23.9 Å². The van der Waals surface area contributed by atoms with E-state index in [0.717, 1.165) is 16.7 Å². The molecule has 0 aliphatic carbocycles. The molecule has 3 aromatic rings. The molecule has 1 unspecified atom stereocenters. The van der Waals surface area contributed by atoms with Gasteiger partial charge in [0.1, 0.15) is 17.5 Å². The number of ether oxygens (including phenoxy) is 2. The molecular weight excluding hydrogens is 540 g/mol. The Labute approximate surface area is 244 Å². The summed E-state index contributed by atoms with van der Waals surface area (Å²) in [5.41, 5.74) is 3.03. The van der Waals surface area contributed by atoms with E-state index in [2.05, 4.69) is 10.3 Å². The third kappa shape index (κ3) is 7.62. The molecule has 1 aliphatic heterocycles. The summed E-state index contributed by atoms with van der Waals surface area (Å²) >= 11 is 0. The maximum Gasteiger partial charge on any atom is 0.409 e. The minimum atomic E-state index is -1.09. The maximum atomic E-state index is 13.6. The predicted octanol–water partition coefficient (Wildman–Crippen LogP) is 3.69. The smallest absolute Gasteiger partial charge is 0.409 e. The van der Waals surface area contributed by atoms with Crippen molar-refractivity contribution in [1.82, 2.24) is 20.1 Å².